The van der Waals surface area contributed by atoms with E-state index in [0.717, 1.165) is 33.5 Å². The summed E-state index contributed by atoms with van der Waals surface area (Å²) in [4.78, 5) is 5.64. The molecule has 0 unspecified atom stereocenters. The molecule has 4 aromatic carbocycles. The van der Waals surface area contributed by atoms with Crippen LogP contribution in [0.3, 0.4) is 0 Å². The van der Waals surface area contributed by atoms with E-state index >= 15 is 0 Å². The van der Waals surface area contributed by atoms with Crippen molar-refractivity contribution >= 4 is 33.3 Å². The molecule has 0 saturated heterocycles. The number of sulfonamides is 1. The van der Waals surface area contributed by atoms with Crippen LogP contribution in [0.1, 0.15) is 16.7 Å². The van der Waals surface area contributed by atoms with E-state index in [0.29, 0.717) is 10.5 Å². The van der Waals surface area contributed by atoms with Gasteiger partial charge in [0.25, 0.3) is 0 Å². The molecule has 0 saturated carbocycles. The van der Waals surface area contributed by atoms with E-state index in [2.05, 4.69) is 68.4 Å². The summed E-state index contributed by atoms with van der Waals surface area (Å²) in [6, 6.07) is 31.6. The summed E-state index contributed by atoms with van der Waals surface area (Å²) in [5, 5.41) is 6.89. The van der Waals surface area contributed by atoms with Gasteiger partial charge in [-0.3, -0.25) is 0 Å². The molecule has 0 bridgehead atoms. The highest BCUT2D eigenvalue weighted by atomic mass is 32.2. The molecule has 6 nitrogen and oxygen atoms in total. The molecule has 5 aromatic rings. The Balaban J connectivity index is 1.61. The van der Waals surface area contributed by atoms with Crippen molar-refractivity contribution in [2.45, 2.75) is 18.7 Å². The van der Waals surface area contributed by atoms with Gasteiger partial charge in [0.1, 0.15) is 0 Å². The minimum Gasteiger partial charge on any atom is -0.220 e. The SMILES string of the molecule is Cc1ccc(/C=N\n2c(-c3ccc(-c4ccccc4)cc3)csc2=Nc2cccc(S(=O)(=O)N(C)C)c2)c(C)c1. The van der Waals surface area contributed by atoms with Crippen LogP contribution < -0.4 is 4.80 Å². The van der Waals surface area contributed by atoms with Gasteiger partial charge >= 0.3 is 0 Å². The lowest BCUT2D eigenvalue weighted by Crippen LogP contribution is -2.22. The van der Waals surface area contributed by atoms with Crippen molar-refractivity contribution in [3.8, 4) is 22.4 Å². The maximum Gasteiger partial charge on any atom is 0.242 e. The van der Waals surface area contributed by atoms with Crippen LogP contribution in [0.5, 0.6) is 0 Å². The van der Waals surface area contributed by atoms with E-state index in [1.54, 1.807) is 24.3 Å². The van der Waals surface area contributed by atoms with Crippen LogP contribution in [0.15, 0.2) is 117 Å². The number of benzene rings is 4. The lowest BCUT2D eigenvalue weighted by Gasteiger charge is -2.11. The molecule has 0 aliphatic rings. The van der Waals surface area contributed by atoms with E-state index < -0.39 is 10.0 Å². The Morgan fingerprint density at radius 2 is 1.50 bits per heavy atom. The third-order valence-electron chi connectivity index (χ3n) is 6.53. The van der Waals surface area contributed by atoms with Gasteiger partial charge in [0.2, 0.25) is 14.8 Å². The highest BCUT2D eigenvalue weighted by Crippen LogP contribution is 2.26. The fourth-order valence-corrected chi connectivity index (χ4v) is 6.07. The van der Waals surface area contributed by atoms with Gasteiger partial charge in [-0.15, -0.1) is 11.3 Å². The highest BCUT2D eigenvalue weighted by Gasteiger charge is 2.17. The Morgan fingerprint density at radius 3 is 2.20 bits per heavy atom. The zero-order valence-corrected chi connectivity index (χ0v) is 24.4. The molecular formula is C32H30N4O2S2. The first-order valence-corrected chi connectivity index (χ1v) is 15.1. The van der Waals surface area contributed by atoms with Gasteiger partial charge in [-0.05, 0) is 54.3 Å². The quantitative estimate of drug-likeness (QED) is 0.202. The molecule has 40 heavy (non-hydrogen) atoms. The summed E-state index contributed by atoms with van der Waals surface area (Å²) >= 11 is 1.45. The molecular weight excluding hydrogens is 537 g/mol. The maximum absolute atomic E-state index is 12.7. The smallest absolute Gasteiger partial charge is 0.220 e. The van der Waals surface area contributed by atoms with Gasteiger partial charge in [-0.2, -0.15) is 5.10 Å². The number of hydrogen-bond acceptors (Lipinski definition) is 5. The number of thiazole rings is 1. The number of nitrogens with zero attached hydrogens (tertiary/aromatic N) is 4. The molecule has 0 radical (unpaired) electrons. The highest BCUT2D eigenvalue weighted by molar-refractivity contribution is 7.89. The topological polar surface area (TPSA) is 67.0 Å². The van der Waals surface area contributed by atoms with Crippen LogP contribution in [-0.4, -0.2) is 37.7 Å². The summed E-state index contributed by atoms with van der Waals surface area (Å²) in [5.41, 5.74) is 8.05. The van der Waals surface area contributed by atoms with Gasteiger partial charge in [-0.1, -0.05) is 84.4 Å². The van der Waals surface area contributed by atoms with Crippen LogP contribution in [0.2, 0.25) is 0 Å². The molecule has 0 amide bonds. The van der Waals surface area contributed by atoms with Gasteiger partial charge in [0, 0.05) is 25.0 Å². The fraction of sp³-hybridized carbons (Fsp3) is 0.125. The van der Waals surface area contributed by atoms with Gasteiger partial charge in [0.05, 0.1) is 22.5 Å². The second kappa shape index (κ2) is 11.6. The first-order valence-electron chi connectivity index (χ1n) is 12.8. The summed E-state index contributed by atoms with van der Waals surface area (Å²) in [6.45, 7) is 4.14. The zero-order chi connectivity index (χ0) is 28.3. The second-order valence-corrected chi connectivity index (χ2v) is 12.6. The molecule has 202 valence electrons. The molecule has 0 aliphatic carbocycles. The van der Waals surface area contributed by atoms with Crippen molar-refractivity contribution in [1.29, 1.82) is 0 Å². The van der Waals surface area contributed by atoms with Crippen molar-refractivity contribution in [3.63, 3.8) is 0 Å². The number of aromatic nitrogens is 1. The largest absolute Gasteiger partial charge is 0.242 e. The first kappa shape index (κ1) is 27.5. The Hall–Kier alpha value is -4.11. The number of rotatable bonds is 7. The van der Waals surface area contributed by atoms with E-state index in [-0.39, 0.29) is 4.90 Å². The molecule has 1 aromatic heterocycles. The summed E-state index contributed by atoms with van der Waals surface area (Å²) in [7, 11) is -0.546. The summed E-state index contributed by atoms with van der Waals surface area (Å²) in [5.74, 6) is 0. The van der Waals surface area contributed by atoms with Crippen LogP contribution in [-0.2, 0) is 10.0 Å². The monoisotopic (exact) mass is 566 g/mol. The minimum absolute atomic E-state index is 0.192. The lowest BCUT2D eigenvalue weighted by atomic mass is 10.0. The van der Waals surface area contributed by atoms with Crippen molar-refractivity contribution in [3.05, 3.63) is 124 Å². The van der Waals surface area contributed by atoms with E-state index in [1.165, 1.54) is 35.3 Å². The standard InChI is InChI=1S/C32H30N4O2S2/c1-23-13-14-28(24(2)19-23)21-33-36-31(27-17-15-26(16-18-27)25-9-6-5-7-10-25)22-39-32(36)34-29-11-8-12-30(20-29)40(37,38)35(3)4/h5-22H,1-4H3/b33-21-,34-32?. The average molecular weight is 567 g/mol. The van der Waals surface area contributed by atoms with E-state index in [1.807, 2.05) is 34.5 Å². The van der Waals surface area contributed by atoms with Crippen molar-refractivity contribution in [2.24, 2.45) is 10.1 Å². The lowest BCUT2D eigenvalue weighted by molar-refractivity contribution is 0.521. The normalized spacial score (nSPS) is 12.5. The molecule has 0 atom stereocenters. The van der Waals surface area contributed by atoms with Crippen LogP contribution >= 0.6 is 11.3 Å². The molecule has 0 spiro atoms. The molecule has 1 heterocycles. The van der Waals surface area contributed by atoms with E-state index in [9.17, 15) is 8.42 Å². The van der Waals surface area contributed by atoms with Crippen LogP contribution in [0.4, 0.5) is 5.69 Å². The third kappa shape index (κ3) is 5.89. The fourth-order valence-electron chi connectivity index (χ4n) is 4.28. The Bertz CT molecular complexity index is 1850. The molecule has 0 aliphatic heterocycles. The van der Waals surface area contributed by atoms with Crippen LogP contribution in [0, 0.1) is 13.8 Å². The summed E-state index contributed by atoms with van der Waals surface area (Å²) < 4.78 is 28.4. The maximum atomic E-state index is 12.7. The number of aryl methyl sites for hydroxylation is 2. The van der Waals surface area contributed by atoms with E-state index in [4.69, 9.17) is 10.1 Å². The minimum atomic E-state index is -3.58. The van der Waals surface area contributed by atoms with Crippen molar-refractivity contribution in [1.82, 2.24) is 8.98 Å². The Kier molecular flexibility index (Phi) is 7.93. The van der Waals surface area contributed by atoms with Gasteiger partial charge < -0.3 is 0 Å². The second-order valence-electron chi connectivity index (χ2n) is 9.66. The zero-order valence-electron chi connectivity index (χ0n) is 22.8. The third-order valence-corrected chi connectivity index (χ3v) is 9.16. The summed E-state index contributed by atoms with van der Waals surface area (Å²) in [6.07, 6.45) is 1.84. The van der Waals surface area contributed by atoms with Gasteiger partial charge in [-0.25, -0.2) is 22.4 Å². The number of hydrogen-bond donors (Lipinski definition) is 0. The Morgan fingerprint density at radius 1 is 0.800 bits per heavy atom. The predicted molar refractivity (Wildman–Crippen MR) is 165 cm³/mol. The van der Waals surface area contributed by atoms with Crippen LogP contribution in [0.25, 0.3) is 22.4 Å². The average Bonchev–Trinajstić information content (AvgIpc) is 3.35. The van der Waals surface area contributed by atoms with Crippen molar-refractivity contribution < 1.29 is 8.42 Å². The molecule has 5 rings (SSSR count). The Labute approximate surface area is 239 Å². The van der Waals surface area contributed by atoms with Gasteiger partial charge in [0.15, 0.2) is 0 Å². The predicted octanol–water partition coefficient (Wildman–Crippen LogP) is 6.87. The molecule has 0 N–H and O–H groups in total. The van der Waals surface area contributed by atoms with Crippen molar-refractivity contribution in [2.75, 3.05) is 14.1 Å². The molecule has 0 fully saturated rings. The molecule has 8 heteroatoms. The first-order chi connectivity index (χ1) is 19.2.